The average molecular weight is 1020 g/mol. The topological polar surface area (TPSA) is 137 Å². The number of benzene rings is 6. The molecule has 0 bridgehead atoms. The zero-order valence-electron chi connectivity index (χ0n) is 42.1. The molecule has 6 aromatic carbocycles. The molecule has 0 spiro atoms. The molecule has 0 aromatic heterocycles. The van der Waals surface area contributed by atoms with Gasteiger partial charge in [0, 0.05) is 22.1 Å². The van der Waals surface area contributed by atoms with Crippen molar-refractivity contribution in [3.8, 4) is 29.4 Å². The Labute approximate surface area is 423 Å². The molecule has 15 heteroatoms. The second kappa shape index (κ2) is 19.8. The van der Waals surface area contributed by atoms with Gasteiger partial charge in [0.05, 0.1) is 22.1 Å². The summed E-state index contributed by atoms with van der Waals surface area (Å²) in [4.78, 5) is 13.4. The summed E-state index contributed by atoms with van der Waals surface area (Å²) in [5.41, 5.74) is -6.34. The van der Waals surface area contributed by atoms with Crippen LogP contribution >= 0.6 is 0 Å². The average Bonchev–Trinajstić information content (AvgIpc) is 3.33. The van der Waals surface area contributed by atoms with E-state index in [0.29, 0.717) is 52.8 Å². The van der Waals surface area contributed by atoms with E-state index in [0.717, 1.165) is 48.0 Å². The minimum Gasteiger partial charge on any atom is -0.483 e. The summed E-state index contributed by atoms with van der Waals surface area (Å²) in [7, 11) is -4.59. The number of carbonyl (C=O) groups excluding carboxylic acids is 1. The van der Waals surface area contributed by atoms with Crippen LogP contribution in [0.1, 0.15) is 141 Å². The Morgan fingerprint density at radius 1 is 0.616 bits per heavy atom. The third kappa shape index (κ3) is 10.1. The largest absolute Gasteiger partial charge is 0.483 e. The SMILES string of the molecule is CCC(C)(Oc1ccc(C(c2ccc(Oc3cccc(C(C)(CC)C(C)(C)c4ccc(C)c(C(=O)c5cccc(S(=O)(=O)O)c5)c4)c3C#N)cc2)(C(F)(F)F)C(F)(F)F)cc1)c1cccc(C(C)(C)C)c1C#N. The molecule has 0 saturated heterocycles. The van der Waals surface area contributed by atoms with Crippen molar-refractivity contribution < 1.29 is 53.6 Å². The highest BCUT2D eigenvalue weighted by Crippen LogP contribution is 2.57. The van der Waals surface area contributed by atoms with E-state index in [2.05, 4.69) is 12.1 Å². The number of alkyl halides is 6. The number of rotatable bonds is 15. The van der Waals surface area contributed by atoms with Gasteiger partial charge >= 0.3 is 12.4 Å². The number of nitrogens with zero attached hydrogens (tertiary/aromatic N) is 2. The van der Waals surface area contributed by atoms with Crippen molar-refractivity contribution in [2.45, 2.75) is 127 Å². The summed E-state index contributed by atoms with van der Waals surface area (Å²) < 4.78 is 138. The zero-order valence-corrected chi connectivity index (χ0v) is 42.9. The Kier molecular flexibility index (Phi) is 15.0. The maximum absolute atomic E-state index is 15.4. The highest BCUT2D eigenvalue weighted by Gasteiger charge is 2.72. The third-order valence-electron chi connectivity index (χ3n) is 14.6. The van der Waals surface area contributed by atoms with Crippen molar-refractivity contribution in [1.29, 1.82) is 10.5 Å². The molecule has 2 atom stereocenters. The Hall–Kier alpha value is -6.94. The lowest BCUT2D eigenvalue weighted by Gasteiger charge is -2.45. The lowest BCUT2D eigenvalue weighted by Crippen LogP contribution is -2.54. The molecule has 0 heterocycles. The molecule has 0 aliphatic carbocycles. The molecule has 0 aliphatic rings. The first-order valence-electron chi connectivity index (χ1n) is 23.4. The predicted molar refractivity (Wildman–Crippen MR) is 267 cm³/mol. The minimum absolute atomic E-state index is 0.0127. The molecule has 0 amide bonds. The number of halogens is 6. The van der Waals surface area contributed by atoms with Crippen LogP contribution in [0.3, 0.4) is 0 Å². The molecule has 382 valence electrons. The first-order valence-corrected chi connectivity index (χ1v) is 24.8. The van der Waals surface area contributed by atoms with Gasteiger partial charge < -0.3 is 9.47 Å². The third-order valence-corrected chi connectivity index (χ3v) is 15.5. The van der Waals surface area contributed by atoms with E-state index in [1.807, 2.05) is 60.6 Å². The molecule has 0 saturated carbocycles. The van der Waals surface area contributed by atoms with Crippen molar-refractivity contribution in [3.05, 3.63) is 189 Å². The predicted octanol–water partition coefficient (Wildman–Crippen LogP) is 15.1. The van der Waals surface area contributed by atoms with Gasteiger partial charge in [-0.05, 0) is 119 Å². The monoisotopic (exact) mass is 1020 g/mol. The standard InChI is InChI=1S/C58H56F6N2O6S/c1-11-54(9,53(7,8)40-23-22-36(3)44(33-40)51(67)37-16-13-17-43(32-37)73(68,69)70)48-19-15-21-50(46(48)35-66)71-41-28-24-38(25-29-41)56(57(59,60)61,58(62,63)64)39-26-30-42(31-27-39)72-55(10,12-2)49-20-14-18-47(45(49)34-65)52(4,5)6/h13-33H,11-12H2,1-10H3,(H,68,69,70). The Balaban J connectivity index is 1.35. The summed E-state index contributed by atoms with van der Waals surface area (Å²) in [6, 6.07) is 31.9. The van der Waals surface area contributed by atoms with Crippen molar-refractivity contribution >= 4 is 15.9 Å². The first kappa shape index (κ1) is 55.4. The zero-order chi connectivity index (χ0) is 54.3. The lowest BCUT2D eigenvalue weighted by atomic mass is 9.57. The smallest absolute Gasteiger partial charge is 0.411 e. The Bertz CT molecular complexity index is 3240. The van der Waals surface area contributed by atoms with Crippen LogP contribution in [0.4, 0.5) is 26.3 Å². The van der Waals surface area contributed by atoms with Crippen molar-refractivity contribution in [2.24, 2.45) is 0 Å². The maximum atomic E-state index is 15.4. The summed E-state index contributed by atoms with van der Waals surface area (Å²) in [5.74, 6) is -0.670. The van der Waals surface area contributed by atoms with Gasteiger partial charge in [-0.1, -0.05) is 134 Å². The Morgan fingerprint density at radius 3 is 1.63 bits per heavy atom. The van der Waals surface area contributed by atoms with Crippen molar-refractivity contribution in [1.82, 2.24) is 0 Å². The number of carbonyl (C=O) groups is 1. The second-order valence-electron chi connectivity index (χ2n) is 20.1. The van der Waals surface area contributed by atoms with E-state index >= 15 is 26.3 Å². The summed E-state index contributed by atoms with van der Waals surface area (Å²) in [6.45, 7) is 18.7. The molecule has 0 radical (unpaired) electrons. The number of ketones is 1. The van der Waals surface area contributed by atoms with Gasteiger partial charge in [-0.15, -0.1) is 0 Å². The van der Waals surface area contributed by atoms with Crippen LogP contribution in [0.15, 0.2) is 132 Å². The van der Waals surface area contributed by atoms with Crippen LogP contribution in [-0.2, 0) is 37.4 Å². The molecule has 8 nitrogen and oxygen atoms in total. The van der Waals surface area contributed by atoms with Gasteiger partial charge in [-0.25, -0.2) is 0 Å². The molecule has 0 aliphatic heterocycles. The Morgan fingerprint density at radius 2 is 1.12 bits per heavy atom. The molecular formula is C58H56F6N2O6S. The van der Waals surface area contributed by atoms with Crippen LogP contribution in [0.5, 0.6) is 17.2 Å². The van der Waals surface area contributed by atoms with Gasteiger partial charge in [0.25, 0.3) is 10.1 Å². The molecule has 6 aromatic rings. The van der Waals surface area contributed by atoms with E-state index < -0.39 is 71.5 Å². The van der Waals surface area contributed by atoms with E-state index in [-0.39, 0.29) is 33.9 Å². The van der Waals surface area contributed by atoms with E-state index in [1.165, 1.54) is 24.3 Å². The molecule has 1 N–H and O–H groups in total. The highest BCUT2D eigenvalue weighted by molar-refractivity contribution is 7.85. The van der Waals surface area contributed by atoms with Crippen LogP contribution in [0.25, 0.3) is 0 Å². The number of ether oxygens (including phenoxy) is 2. The van der Waals surface area contributed by atoms with Gasteiger partial charge in [0.2, 0.25) is 5.41 Å². The van der Waals surface area contributed by atoms with Crippen molar-refractivity contribution in [2.75, 3.05) is 0 Å². The molecular weight excluding hydrogens is 967 g/mol. The number of nitriles is 2. The normalized spacial score (nSPS) is 14.3. The highest BCUT2D eigenvalue weighted by atomic mass is 32.2. The maximum Gasteiger partial charge on any atom is 0.411 e. The number of aryl methyl sites for hydroxylation is 1. The van der Waals surface area contributed by atoms with Crippen molar-refractivity contribution in [3.63, 3.8) is 0 Å². The summed E-state index contributed by atoms with van der Waals surface area (Å²) >= 11 is 0. The number of hydrogen-bond donors (Lipinski definition) is 1. The fourth-order valence-corrected chi connectivity index (χ4v) is 10.2. The quantitative estimate of drug-likeness (QED) is 0.0610. The van der Waals surface area contributed by atoms with Gasteiger partial charge in [-0.2, -0.15) is 45.3 Å². The molecule has 2 unspecified atom stereocenters. The molecule has 73 heavy (non-hydrogen) atoms. The summed E-state index contributed by atoms with van der Waals surface area (Å²) in [5, 5.41) is 20.9. The lowest BCUT2D eigenvalue weighted by molar-refractivity contribution is -0.288. The minimum atomic E-state index is -5.90. The second-order valence-corrected chi connectivity index (χ2v) is 21.6. The van der Waals surface area contributed by atoms with E-state index in [9.17, 15) is 28.3 Å². The van der Waals surface area contributed by atoms with E-state index in [1.54, 1.807) is 57.2 Å². The van der Waals surface area contributed by atoms with Crippen LogP contribution in [0.2, 0.25) is 0 Å². The van der Waals surface area contributed by atoms with Gasteiger partial charge in [-0.3, -0.25) is 9.35 Å². The fraction of sp³-hybridized carbons (Fsp3) is 0.328. The molecule has 0 fully saturated rings. The van der Waals surface area contributed by atoms with Gasteiger partial charge in [0.1, 0.15) is 28.9 Å². The fourth-order valence-electron chi connectivity index (χ4n) is 9.66. The first-order chi connectivity index (χ1) is 33.9. The summed E-state index contributed by atoms with van der Waals surface area (Å²) in [6.07, 6.45) is -11.1. The van der Waals surface area contributed by atoms with E-state index in [4.69, 9.17) is 9.47 Å². The molecule has 6 rings (SSSR count). The van der Waals surface area contributed by atoms with Crippen LogP contribution < -0.4 is 9.47 Å². The van der Waals surface area contributed by atoms with Crippen LogP contribution in [-0.4, -0.2) is 31.1 Å². The number of hydrogen-bond acceptors (Lipinski definition) is 7. The van der Waals surface area contributed by atoms with Gasteiger partial charge in [0.15, 0.2) is 5.78 Å². The van der Waals surface area contributed by atoms with Crippen LogP contribution in [0, 0.1) is 29.6 Å².